The van der Waals surface area contributed by atoms with Crippen LogP contribution in [0.3, 0.4) is 0 Å². The monoisotopic (exact) mass is 491 g/mol. The van der Waals surface area contributed by atoms with E-state index >= 15 is 0 Å². The number of anilines is 1. The molecule has 2 aromatic carbocycles. The Morgan fingerprint density at radius 2 is 1.84 bits per heavy atom. The Bertz CT molecular complexity index is 1140. The molecule has 0 unspecified atom stereocenters. The molecule has 0 atom stereocenters. The van der Waals surface area contributed by atoms with Crippen molar-refractivity contribution in [1.29, 1.82) is 0 Å². The van der Waals surface area contributed by atoms with Crippen molar-refractivity contribution in [1.82, 2.24) is 10.3 Å². The number of halogens is 1. The van der Waals surface area contributed by atoms with Gasteiger partial charge < -0.3 is 24.8 Å². The molecule has 0 bridgehead atoms. The summed E-state index contributed by atoms with van der Waals surface area (Å²) in [7, 11) is 3.14. The molecule has 0 aliphatic rings. The number of rotatable bonds is 8. The second kappa shape index (κ2) is 11.2. The maximum atomic E-state index is 11.8. The van der Waals surface area contributed by atoms with E-state index in [1.165, 1.54) is 0 Å². The van der Waals surface area contributed by atoms with E-state index in [4.69, 9.17) is 38.0 Å². The highest BCUT2D eigenvalue weighted by Crippen LogP contribution is 2.38. The first-order valence-electron chi connectivity index (χ1n) is 9.53. The van der Waals surface area contributed by atoms with Gasteiger partial charge in [-0.25, -0.2) is 0 Å². The van der Waals surface area contributed by atoms with Gasteiger partial charge in [-0.1, -0.05) is 11.6 Å². The van der Waals surface area contributed by atoms with Gasteiger partial charge in [-0.15, -0.1) is 0 Å². The van der Waals surface area contributed by atoms with Gasteiger partial charge in [0, 0.05) is 35.5 Å². The maximum Gasteiger partial charge on any atom is 0.226 e. The second-order valence-corrected chi connectivity index (χ2v) is 8.33. The van der Waals surface area contributed by atoms with Crippen LogP contribution in [0.1, 0.15) is 6.42 Å². The molecule has 32 heavy (non-hydrogen) atoms. The number of aromatic nitrogens is 1. The fourth-order valence-corrected chi connectivity index (χ4v) is 3.70. The van der Waals surface area contributed by atoms with Gasteiger partial charge >= 0.3 is 0 Å². The normalized spacial score (nSPS) is 10.5. The summed E-state index contributed by atoms with van der Waals surface area (Å²) < 4.78 is 16.8. The van der Waals surface area contributed by atoms with E-state index in [0.29, 0.717) is 45.6 Å². The zero-order valence-electron chi connectivity index (χ0n) is 17.7. The zero-order chi connectivity index (χ0) is 23.1. The van der Waals surface area contributed by atoms with Crippen LogP contribution in [0.5, 0.6) is 23.0 Å². The van der Waals surface area contributed by atoms with Crippen LogP contribution in [0, 0.1) is 0 Å². The van der Waals surface area contributed by atoms with Gasteiger partial charge in [0.2, 0.25) is 5.91 Å². The molecule has 0 saturated heterocycles. The Kier molecular flexibility index (Phi) is 8.38. The Morgan fingerprint density at radius 1 is 1.09 bits per heavy atom. The topological polar surface area (TPSA) is 81.7 Å². The average Bonchev–Trinajstić information content (AvgIpc) is 2.78. The number of hydrogen-bond donors (Lipinski definition) is 2. The molecule has 0 fully saturated rings. The molecular weight excluding hydrogens is 470 g/mol. The highest BCUT2D eigenvalue weighted by atomic mass is 35.5. The van der Waals surface area contributed by atoms with Crippen LogP contribution in [0.15, 0.2) is 42.6 Å². The number of thioether (sulfide) groups is 1. The van der Waals surface area contributed by atoms with Gasteiger partial charge in [-0.05, 0) is 48.8 Å². The predicted octanol–water partition coefficient (Wildman–Crippen LogP) is 5.26. The van der Waals surface area contributed by atoms with Crippen LogP contribution in [-0.2, 0) is 4.79 Å². The van der Waals surface area contributed by atoms with E-state index in [2.05, 4.69) is 15.6 Å². The molecule has 0 radical (unpaired) electrons. The van der Waals surface area contributed by atoms with Crippen molar-refractivity contribution in [2.24, 2.45) is 0 Å². The smallest absolute Gasteiger partial charge is 0.226 e. The summed E-state index contributed by atoms with van der Waals surface area (Å²) in [6.07, 6.45) is 3.98. The molecule has 10 heteroatoms. The number of carbonyl (C=O) groups is 1. The van der Waals surface area contributed by atoms with E-state index < -0.39 is 0 Å². The number of ether oxygens (including phenoxy) is 3. The summed E-state index contributed by atoms with van der Waals surface area (Å²) in [5, 5.41) is 6.92. The van der Waals surface area contributed by atoms with Gasteiger partial charge in [0.1, 0.15) is 11.5 Å². The van der Waals surface area contributed by atoms with Crippen LogP contribution in [0.2, 0.25) is 5.02 Å². The van der Waals surface area contributed by atoms with E-state index in [0.717, 1.165) is 11.1 Å². The van der Waals surface area contributed by atoms with Crippen molar-refractivity contribution >= 4 is 63.2 Å². The fourth-order valence-electron chi connectivity index (χ4n) is 2.86. The minimum atomic E-state index is -0.139. The molecule has 168 valence electrons. The highest BCUT2D eigenvalue weighted by Gasteiger charge is 2.13. The van der Waals surface area contributed by atoms with Crippen LogP contribution in [0.4, 0.5) is 5.69 Å². The molecule has 1 aromatic heterocycles. The third-order valence-electron chi connectivity index (χ3n) is 4.40. The van der Waals surface area contributed by atoms with Crippen molar-refractivity contribution in [2.75, 3.05) is 31.5 Å². The molecule has 1 heterocycles. The molecular formula is C22H22ClN3O4S2. The molecule has 0 spiro atoms. The van der Waals surface area contributed by atoms with E-state index in [1.807, 2.05) is 6.26 Å². The van der Waals surface area contributed by atoms with Crippen molar-refractivity contribution in [3.8, 4) is 23.0 Å². The van der Waals surface area contributed by atoms with E-state index in [1.54, 1.807) is 68.6 Å². The number of thiocarbonyl (C=S) groups is 1. The summed E-state index contributed by atoms with van der Waals surface area (Å²) in [6, 6.07) is 10.5. The van der Waals surface area contributed by atoms with Crippen molar-refractivity contribution in [3.63, 3.8) is 0 Å². The number of carbonyl (C=O) groups excluding carboxylic acids is 1. The molecule has 7 nitrogen and oxygen atoms in total. The Morgan fingerprint density at radius 3 is 2.53 bits per heavy atom. The zero-order valence-corrected chi connectivity index (χ0v) is 20.1. The SMILES string of the molecule is COc1cc2nccc(Oc3ccc(NC(=S)NC(=O)CCSC)cc3Cl)c2cc1OC. The quantitative estimate of drug-likeness (QED) is 0.413. The third-order valence-corrected chi connectivity index (χ3v) is 5.51. The number of benzene rings is 2. The van der Waals surface area contributed by atoms with Crippen LogP contribution < -0.4 is 24.8 Å². The molecule has 2 N–H and O–H groups in total. The number of hydrogen-bond acceptors (Lipinski definition) is 7. The molecule has 1 amide bonds. The Labute approximate surface area is 200 Å². The molecule has 0 aliphatic carbocycles. The molecule has 3 rings (SSSR count). The standard InChI is InChI=1S/C22H22ClN3O4S2/c1-28-19-11-14-16(12-20(19)29-2)24-8-6-17(14)30-18-5-4-13(10-15(18)23)25-22(31)26-21(27)7-9-32-3/h4-6,8,10-12H,7,9H2,1-3H3,(H2,25,26,27,31). The first-order valence-corrected chi connectivity index (χ1v) is 11.7. The predicted molar refractivity (Wildman–Crippen MR) is 134 cm³/mol. The third kappa shape index (κ3) is 5.93. The van der Waals surface area contributed by atoms with Crippen molar-refractivity contribution < 1.29 is 19.0 Å². The molecule has 3 aromatic rings. The average molecular weight is 492 g/mol. The first kappa shape index (κ1) is 23.9. The number of fused-ring (bicyclic) bond motifs is 1. The van der Waals surface area contributed by atoms with Gasteiger partial charge in [-0.2, -0.15) is 11.8 Å². The molecule has 0 saturated carbocycles. The van der Waals surface area contributed by atoms with Crippen LogP contribution in [-0.4, -0.2) is 42.2 Å². The highest BCUT2D eigenvalue weighted by molar-refractivity contribution is 7.98. The first-order chi connectivity index (χ1) is 15.4. The van der Waals surface area contributed by atoms with E-state index in [9.17, 15) is 4.79 Å². The fraction of sp³-hybridized carbons (Fsp3) is 0.227. The lowest BCUT2D eigenvalue weighted by molar-refractivity contribution is -0.119. The minimum Gasteiger partial charge on any atom is -0.493 e. The summed E-state index contributed by atoms with van der Waals surface area (Å²) in [6.45, 7) is 0. The lowest BCUT2D eigenvalue weighted by Crippen LogP contribution is -2.34. The van der Waals surface area contributed by atoms with Crippen LogP contribution in [0.25, 0.3) is 10.9 Å². The second-order valence-electron chi connectivity index (χ2n) is 6.53. The number of amides is 1. The van der Waals surface area contributed by atoms with Crippen molar-refractivity contribution in [3.05, 3.63) is 47.6 Å². The lowest BCUT2D eigenvalue weighted by atomic mass is 10.2. The largest absolute Gasteiger partial charge is 0.493 e. The maximum absolute atomic E-state index is 11.8. The number of nitrogens with zero attached hydrogens (tertiary/aromatic N) is 1. The Hall–Kier alpha value is -2.75. The van der Waals surface area contributed by atoms with Gasteiger partial charge in [0.25, 0.3) is 0 Å². The Balaban J connectivity index is 1.77. The number of methoxy groups -OCH3 is 2. The summed E-state index contributed by atoms with van der Waals surface area (Å²) in [5.41, 5.74) is 1.32. The van der Waals surface area contributed by atoms with Crippen molar-refractivity contribution in [2.45, 2.75) is 6.42 Å². The van der Waals surface area contributed by atoms with Gasteiger partial charge in [0.15, 0.2) is 16.6 Å². The van der Waals surface area contributed by atoms with Crippen LogP contribution >= 0.6 is 35.6 Å². The summed E-state index contributed by atoms with van der Waals surface area (Å²) in [5.74, 6) is 2.75. The van der Waals surface area contributed by atoms with Gasteiger partial charge in [0.05, 0.1) is 24.8 Å². The lowest BCUT2D eigenvalue weighted by Gasteiger charge is -2.14. The number of pyridine rings is 1. The van der Waals surface area contributed by atoms with E-state index in [-0.39, 0.29) is 11.0 Å². The summed E-state index contributed by atoms with van der Waals surface area (Å²) >= 11 is 13.2. The summed E-state index contributed by atoms with van der Waals surface area (Å²) in [4.78, 5) is 16.2. The minimum absolute atomic E-state index is 0.139. The number of nitrogens with one attached hydrogen (secondary N) is 2. The molecule has 0 aliphatic heterocycles. The van der Waals surface area contributed by atoms with Gasteiger partial charge in [-0.3, -0.25) is 9.78 Å².